The molecule has 0 aliphatic carbocycles. The smallest absolute Gasteiger partial charge is 0.263 e. The Bertz CT molecular complexity index is 945. The third-order valence-corrected chi connectivity index (χ3v) is 6.13. The molecule has 1 N–H and O–H groups in total. The Balaban J connectivity index is 1.61. The van der Waals surface area contributed by atoms with Gasteiger partial charge in [-0.25, -0.2) is 8.42 Å². The van der Waals surface area contributed by atoms with Crippen LogP contribution in [0.5, 0.6) is 11.5 Å². The zero-order chi connectivity index (χ0) is 20.1. The highest BCUT2D eigenvalue weighted by atomic mass is 32.2. The van der Waals surface area contributed by atoms with Gasteiger partial charge in [-0.1, -0.05) is 24.3 Å². The van der Waals surface area contributed by atoms with Crippen molar-refractivity contribution in [2.45, 2.75) is 20.0 Å². The SMILES string of the molecule is CCS(=O)(=O)N1C[C@H](C(=O)NCCOc2cccc(C)c2)Oc2ccccc21. The van der Waals surface area contributed by atoms with E-state index in [0.29, 0.717) is 18.0 Å². The second-order valence-electron chi connectivity index (χ2n) is 6.46. The van der Waals surface area contributed by atoms with Gasteiger partial charge in [0.15, 0.2) is 6.10 Å². The van der Waals surface area contributed by atoms with Crippen LogP contribution in [0.15, 0.2) is 48.5 Å². The number of nitrogens with zero attached hydrogens (tertiary/aromatic N) is 1. The van der Waals surface area contributed by atoms with Crippen LogP contribution in [0.25, 0.3) is 0 Å². The highest BCUT2D eigenvalue weighted by Gasteiger charge is 2.35. The number of carbonyl (C=O) groups excluding carboxylic acids is 1. The second kappa shape index (κ2) is 8.52. The summed E-state index contributed by atoms with van der Waals surface area (Å²) in [5, 5.41) is 2.75. The lowest BCUT2D eigenvalue weighted by molar-refractivity contribution is -0.127. The van der Waals surface area contributed by atoms with E-state index in [4.69, 9.17) is 9.47 Å². The highest BCUT2D eigenvalue weighted by molar-refractivity contribution is 7.92. The average Bonchev–Trinajstić information content (AvgIpc) is 2.70. The summed E-state index contributed by atoms with van der Waals surface area (Å²) < 4.78 is 37.5. The van der Waals surface area contributed by atoms with Crippen LogP contribution in [0, 0.1) is 6.92 Å². The molecule has 3 rings (SSSR count). The maximum absolute atomic E-state index is 12.5. The summed E-state index contributed by atoms with van der Waals surface area (Å²) in [5.41, 5.74) is 1.55. The Morgan fingerprint density at radius 2 is 2.04 bits per heavy atom. The van der Waals surface area contributed by atoms with E-state index in [-0.39, 0.29) is 24.7 Å². The molecule has 0 fully saturated rings. The normalized spacial score (nSPS) is 16.1. The van der Waals surface area contributed by atoms with Crippen molar-refractivity contribution in [3.63, 3.8) is 0 Å². The van der Waals surface area contributed by atoms with Crippen molar-refractivity contribution in [1.82, 2.24) is 5.32 Å². The van der Waals surface area contributed by atoms with E-state index in [1.54, 1.807) is 31.2 Å². The average molecular weight is 404 g/mol. The van der Waals surface area contributed by atoms with Gasteiger partial charge in [-0.05, 0) is 43.7 Å². The van der Waals surface area contributed by atoms with Crippen LogP contribution in [-0.4, -0.2) is 45.9 Å². The lowest BCUT2D eigenvalue weighted by atomic mass is 10.2. The van der Waals surface area contributed by atoms with Gasteiger partial charge in [0.1, 0.15) is 18.1 Å². The van der Waals surface area contributed by atoms with Crippen molar-refractivity contribution in [3.05, 3.63) is 54.1 Å². The number of rotatable bonds is 7. The number of benzene rings is 2. The predicted molar refractivity (Wildman–Crippen MR) is 107 cm³/mol. The first kappa shape index (κ1) is 20.0. The first-order valence-corrected chi connectivity index (χ1v) is 10.7. The Hall–Kier alpha value is -2.74. The molecule has 0 aromatic heterocycles. The molecule has 0 radical (unpaired) electrons. The minimum atomic E-state index is -3.52. The number of hydrogen-bond donors (Lipinski definition) is 1. The number of sulfonamides is 1. The maximum atomic E-state index is 12.5. The lowest BCUT2D eigenvalue weighted by Crippen LogP contribution is -2.51. The molecule has 28 heavy (non-hydrogen) atoms. The fourth-order valence-corrected chi connectivity index (χ4v) is 4.04. The minimum Gasteiger partial charge on any atom is -0.492 e. The van der Waals surface area contributed by atoms with Gasteiger partial charge in [-0.3, -0.25) is 9.10 Å². The summed E-state index contributed by atoms with van der Waals surface area (Å²) in [4.78, 5) is 12.5. The fraction of sp³-hybridized carbons (Fsp3) is 0.350. The molecule has 150 valence electrons. The van der Waals surface area contributed by atoms with Crippen molar-refractivity contribution < 1.29 is 22.7 Å². The molecule has 8 heteroatoms. The molecule has 1 heterocycles. The lowest BCUT2D eigenvalue weighted by Gasteiger charge is -2.34. The Kier molecular flexibility index (Phi) is 6.08. The predicted octanol–water partition coefficient (Wildman–Crippen LogP) is 2.11. The van der Waals surface area contributed by atoms with Gasteiger partial charge in [0.2, 0.25) is 10.0 Å². The van der Waals surface area contributed by atoms with Crippen LogP contribution in [0.1, 0.15) is 12.5 Å². The molecule has 0 bridgehead atoms. The van der Waals surface area contributed by atoms with E-state index in [2.05, 4.69) is 5.32 Å². The molecule has 1 atom stereocenters. The van der Waals surface area contributed by atoms with E-state index in [9.17, 15) is 13.2 Å². The molecule has 1 aliphatic heterocycles. The molecule has 2 aromatic rings. The zero-order valence-electron chi connectivity index (χ0n) is 15.9. The molecule has 0 saturated carbocycles. The van der Waals surface area contributed by atoms with Gasteiger partial charge in [-0.15, -0.1) is 0 Å². The zero-order valence-corrected chi connectivity index (χ0v) is 16.7. The molecule has 1 aliphatic rings. The summed E-state index contributed by atoms with van der Waals surface area (Å²) in [6.07, 6.45) is -0.921. The number of anilines is 1. The second-order valence-corrected chi connectivity index (χ2v) is 8.64. The third kappa shape index (κ3) is 4.56. The third-order valence-electron chi connectivity index (χ3n) is 4.39. The number of fused-ring (bicyclic) bond motifs is 1. The summed E-state index contributed by atoms with van der Waals surface area (Å²) in [7, 11) is -3.52. The Morgan fingerprint density at radius 1 is 1.25 bits per heavy atom. The molecule has 0 saturated heterocycles. The number of ether oxygens (including phenoxy) is 2. The monoisotopic (exact) mass is 404 g/mol. The summed E-state index contributed by atoms with van der Waals surface area (Å²) >= 11 is 0. The van der Waals surface area contributed by atoms with Crippen molar-refractivity contribution in [2.75, 3.05) is 29.8 Å². The van der Waals surface area contributed by atoms with Crippen molar-refractivity contribution in [1.29, 1.82) is 0 Å². The van der Waals surface area contributed by atoms with Crippen LogP contribution >= 0.6 is 0 Å². The largest absolute Gasteiger partial charge is 0.492 e. The maximum Gasteiger partial charge on any atom is 0.263 e. The summed E-state index contributed by atoms with van der Waals surface area (Å²) in [5.74, 6) is 0.679. The molecular weight excluding hydrogens is 380 g/mol. The number of nitrogens with one attached hydrogen (secondary N) is 1. The van der Waals surface area contributed by atoms with Crippen LogP contribution in [0.3, 0.4) is 0 Å². The first-order valence-electron chi connectivity index (χ1n) is 9.14. The van der Waals surface area contributed by atoms with Gasteiger partial charge in [0.05, 0.1) is 24.5 Å². The van der Waals surface area contributed by atoms with E-state index in [1.165, 1.54) is 4.31 Å². The van der Waals surface area contributed by atoms with Crippen molar-refractivity contribution >= 4 is 21.6 Å². The molecular formula is C20H24N2O5S. The van der Waals surface area contributed by atoms with Gasteiger partial charge in [0.25, 0.3) is 5.91 Å². The van der Waals surface area contributed by atoms with Gasteiger partial charge >= 0.3 is 0 Å². The minimum absolute atomic E-state index is 0.0555. The fourth-order valence-electron chi connectivity index (χ4n) is 2.92. The van der Waals surface area contributed by atoms with Gasteiger partial charge in [-0.2, -0.15) is 0 Å². The topological polar surface area (TPSA) is 84.9 Å². The number of hydrogen-bond acceptors (Lipinski definition) is 5. The van der Waals surface area contributed by atoms with Crippen molar-refractivity contribution in [2.24, 2.45) is 0 Å². The molecule has 0 spiro atoms. The van der Waals surface area contributed by atoms with E-state index >= 15 is 0 Å². The number of carbonyl (C=O) groups is 1. The van der Waals surface area contributed by atoms with Crippen LogP contribution < -0.4 is 19.1 Å². The highest BCUT2D eigenvalue weighted by Crippen LogP contribution is 2.35. The summed E-state index contributed by atoms with van der Waals surface area (Å²) in [6, 6.07) is 14.5. The van der Waals surface area contributed by atoms with E-state index in [0.717, 1.165) is 11.3 Å². The molecule has 0 unspecified atom stereocenters. The number of para-hydroxylation sites is 2. The van der Waals surface area contributed by atoms with Crippen LogP contribution in [-0.2, 0) is 14.8 Å². The van der Waals surface area contributed by atoms with E-state index < -0.39 is 16.1 Å². The number of amides is 1. The Labute approximate surface area is 165 Å². The van der Waals surface area contributed by atoms with Gasteiger partial charge in [0, 0.05) is 0 Å². The van der Waals surface area contributed by atoms with Gasteiger partial charge < -0.3 is 14.8 Å². The molecule has 7 nitrogen and oxygen atoms in total. The quantitative estimate of drug-likeness (QED) is 0.715. The van der Waals surface area contributed by atoms with Crippen molar-refractivity contribution in [3.8, 4) is 11.5 Å². The summed E-state index contributed by atoms with van der Waals surface area (Å²) in [6.45, 7) is 4.08. The standard InChI is InChI=1S/C20H24N2O5S/c1-3-28(24,25)22-14-19(27-18-10-5-4-9-17(18)22)20(23)21-11-12-26-16-8-6-7-15(2)13-16/h4-10,13,19H,3,11-12,14H2,1-2H3,(H,21,23)/t19-/m1/s1. The molecule has 1 amide bonds. The van der Waals surface area contributed by atoms with Crippen LogP contribution in [0.4, 0.5) is 5.69 Å². The number of aryl methyl sites for hydroxylation is 1. The Morgan fingerprint density at radius 3 is 2.79 bits per heavy atom. The molecule has 2 aromatic carbocycles. The van der Waals surface area contributed by atoms with Crippen LogP contribution in [0.2, 0.25) is 0 Å². The van der Waals surface area contributed by atoms with E-state index in [1.807, 2.05) is 31.2 Å². The first-order chi connectivity index (χ1) is 13.4.